The molecule has 13 nitrogen and oxygen atoms in total. The third-order valence-electron chi connectivity index (χ3n) is 13.0. The Morgan fingerprint density at radius 1 is 1.03 bits per heavy atom. The molecule has 304 valence electrons. The number of aromatic nitrogens is 1. The molecule has 2 fully saturated rings. The first-order valence-corrected chi connectivity index (χ1v) is 20.0. The summed E-state index contributed by atoms with van der Waals surface area (Å²) in [6.45, 7) is -1.37. The molecule has 2 bridgehead atoms. The molecule has 10 rings (SSSR count). The number of methoxy groups -OCH3 is 1. The van der Waals surface area contributed by atoms with Crippen molar-refractivity contribution in [3.05, 3.63) is 112 Å². The number of aliphatic hydroxyl groups excluding tert-OH is 3. The van der Waals surface area contributed by atoms with Crippen molar-refractivity contribution < 1.29 is 54.1 Å². The van der Waals surface area contributed by atoms with Crippen LogP contribution in [0.4, 0.5) is 0 Å². The Morgan fingerprint density at radius 3 is 2.64 bits per heavy atom. The lowest BCUT2D eigenvalue weighted by molar-refractivity contribution is -0.329. The van der Waals surface area contributed by atoms with Crippen molar-refractivity contribution in [1.82, 2.24) is 9.88 Å². The summed E-state index contributed by atoms with van der Waals surface area (Å²) in [5.74, 6) is -0.806. The molecule has 1 saturated heterocycles. The minimum atomic E-state index is -2.55. The summed E-state index contributed by atoms with van der Waals surface area (Å²) >= 11 is 0. The number of aromatic hydroxyl groups is 1. The van der Waals surface area contributed by atoms with Crippen LogP contribution in [0.3, 0.4) is 0 Å². The lowest BCUT2D eigenvalue weighted by atomic mass is 9.75. The van der Waals surface area contributed by atoms with E-state index < -0.39 is 48.7 Å². The average molecular weight is 801 g/mol. The first-order valence-electron chi connectivity index (χ1n) is 20.0. The van der Waals surface area contributed by atoms with Crippen LogP contribution in [0.15, 0.2) is 72.9 Å². The van der Waals surface area contributed by atoms with Crippen molar-refractivity contribution in [2.75, 3.05) is 26.9 Å². The van der Waals surface area contributed by atoms with E-state index in [9.17, 15) is 35.1 Å². The number of para-hydroxylation sites is 1. The molecule has 0 spiro atoms. The number of benzene rings is 4. The number of aromatic amines is 1. The number of carbonyl (C=O) groups is 2. The molecule has 8 unspecified atom stereocenters. The van der Waals surface area contributed by atoms with Gasteiger partial charge in [-0.05, 0) is 65.6 Å². The largest absolute Gasteiger partial charge is 0.506 e. The number of carbonyl (C=O) groups excluding carboxylic acids is 2. The fraction of sp³-hybridized carbons (Fsp3) is 0.348. The molecule has 1 saturated carbocycles. The quantitative estimate of drug-likeness (QED) is 0.125. The minimum absolute atomic E-state index is 0.0714. The van der Waals surface area contributed by atoms with E-state index >= 15 is 0 Å². The number of phenolic OH excluding ortho intramolecular Hbond substituents is 1. The van der Waals surface area contributed by atoms with E-state index in [2.05, 4.69) is 11.1 Å². The molecule has 0 radical (unpaired) electrons. The molecule has 8 atom stereocenters. The Bertz CT molecular complexity index is 2600. The van der Waals surface area contributed by atoms with Crippen molar-refractivity contribution in [3.63, 3.8) is 0 Å². The maximum atomic E-state index is 14.8. The van der Waals surface area contributed by atoms with E-state index in [1.807, 2.05) is 48.7 Å². The number of phenols is 1. The van der Waals surface area contributed by atoms with Crippen molar-refractivity contribution in [3.8, 4) is 17.2 Å². The highest BCUT2D eigenvalue weighted by atomic mass is 16.7. The third kappa shape index (κ3) is 5.82. The summed E-state index contributed by atoms with van der Waals surface area (Å²) in [7, 11) is 1.49. The van der Waals surface area contributed by atoms with E-state index in [-0.39, 0.29) is 65.5 Å². The normalized spacial score (nSPS) is 28.5. The minimum Gasteiger partial charge on any atom is -0.506 e. The van der Waals surface area contributed by atoms with Gasteiger partial charge >= 0.3 is 0 Å². The molecule has 2 aliphatic carbocycles. The van der Waals surface area contributed by atoms with Crippen LogP contribution in [-0.4, -0.2) is 104 Å². The summed E-state index contributed by atoms with van der Waals surface area (Å²) < 4.78 is 25.3. The van der Waals surface area contributed by atoms with E-state index in [1.54, 1.807) is 30.4 Å². The standard InChI is InChI=1S/C46H44N2O11/c1-56-35-17-30-28-14-13-23-8-6-11-25(23)37(28)39(33(50)20-48-19-24-7-2-3-9-26(24)44(48)54)41(52)38(30)42-29(35)15-16-34(31-18-47-32-12-5-4-10-27(31)32)57-21-36-40(51)43(53)46(55,22-49)45(58-36)59-42/h2-5,7,9-10,12-18,23,25,34,36,40,43,45,47,49,51-53,55H,6,8,11,19-22H2,1H3. The predicted octanol–water partition coefficient (Wildman–Crippen LogP) is 5.12. The summed E-state index contributed by atoms with van der Waals surface area (Å²) in [6.07, 6.45) is 4.53. The number of hydrogen-bond donors (Lipinski definition) is 6. The van der Waals surface area contributed by atoms with Crippen LogP contribution in [0.5, 0.6) is 17.2 Å². The van der Waals surface area contributed by atoms with Gasteiger partial charge in [0.1, 0.15) is 41.7 Å². The highest BCUT2D eigenvalue weighted by Gasteiger charge is 2.57. The number of amides is 1. The van der Waals surface area contributed by atoms with E-state index in [0.717, 1.165) is 41.3 Å². The van der Waals surface area contributed by atoms with Gasteiger partial charge in [0, 0.05) is 40.2 Å². The van der Waals surface area contributed by atoms with Gasteiger partial charge in [0.15, 0.2) is 11.4 Å². The summed E-state index contributed by atoms with van der Waals surface area (Å²) in [6, 6.07) is 16.7. The van der Waals surface area contributed by atoms with Crippen molar-refractivity contribution >= 4 is 45.5 Å². The zero-order chi connectivity index (χ0) is 40.7. The average Bonchev–Trinajstić information content (AvgIpc) is 3.98. The maximum Gasteiger partial charge on any atom is 0.254 e. The lowest BCUT2D eigenvalue weighted by Gasteiger charge is -2.47. The van der Waals surface area contributed by atoms with Crippen LogP contribution < -0.4 is 9.47 Å². The Hall–Kier alpha value is -5.54. The van der Waals surface area contributed by atoms with Crippen LogP contribution in [0.1, 0.15) is 79.8 Å². The lowest BCUT2D eigenvalue weighted by Crippen LogP contribution is -2.69. The van der Waals surface area contributed by atoms with Gasteiger partial charge in [-0.25, -0.2) is 0 Å². The fourth-order valence-electron chi connectivity index (χ4n) is 9.92. The van der Waals surface area contributed by atoms with Crippen molar-refractivity contribution in [2.45, 2.75) is 68.0 Å². The Morgan fingerprint density at radius 2 is 1.83 bits per heavy atom. The van der Waals surface area contributed by atoms with E-state index in [1.165, 1.54) is 12.0 Å². The van der Waals surface area contributed by atoms with Crippen LogP contribution >= 0.6 is 0 Å². The second-order valence-electron chi connectivity index (χ2n) is 16.2. The number of ketones is 1. The molecule has 5 aliphatic rings. The van der Waals surface area contributed by atoms with Gasteiger partial charge in [-0.1, -0.05) is 61.0 Å². The number of nitrogens with one attached hydrogen (secondary N) is 1. The SMILES string of the molecule is COc1cc2c3c(c(C(=O)CN4Cc5ccccc5C4=O)c(O)c2c2c1C=CC(c1c[nH]c4ccccc14)OCC1OC(O2)C(O)(CO)C(O)C1O)C1CCCC1C=C3. The van der Waals surface area contributed by atoms with E-state index in [4.69, 9.17) is 18.9 Å². The molecule has 4 heterocycles. The molecule has 59 heavy (non-hydrogen) atoms. The fourth-order valence-corrected chi connectivity index (χ4v) is 9.92. The monoisotopic (exact) mass is 800 g/mol. The van der Waals surface area contributed by atoms with Crippen LogP contribution in [0.2, 0.25) is 0 Å². The van der Waals surface area contributed by atoms with Gasteiger partial charge < -0.3 is 54.4 Å². The second kappa shape index (κ2) is 14.3. The topological polar surface area (TPSA) is 191 Å². The second-order valence-corrected chi connectivity index (χ2v) is 16.2. The van der Waals surface area contributed by atoms with Crippen LogP contribution in [0, 0.1) is 5.92 Å². The molecular weight excluding hydrogens is 757 g/mol. The molecule has 4 aromatic carbocycles. The number of H-pyrrole nitrogens is 1. The van der Waals surface area contributed by atoms with Gasteiger partial charge in [0.05, 0.1) is 43.4 Å². The highest BCUT2D eigenvalue weighted by Crippen LogP contribution is 2.55. The summed E-state index contributed by atoms with van der Waals surface area (Å²) in [5.41, 5.74) is 2.13. The van der Waals surface area contributed by atoms with Gasteiger partial charge in [-0.2, -0.15) is 0 Å². The first-order chi connectivity index (χ1) is 28.6. The molecule has 6 N–H and O–H groups in total. The van der Waals surface area contributed by atoms with Gasteiger partial charge in [0.25, 0.3) is 5.91 Å². The summed E-state index contributed by atoms with van der Waals surface area (Å²) in [5, 5.41) is 59.2. The van der Waals surface area contributed by atoms with Gasteiger partial charge in [0.2, 0.25) is 6.29 Å². The van der Waals surface area contributed by atoms with Crippen molar-refractivity contribution in [1.29, 1.82) is 0 Å². The highest BCUT2D eigenvalue weighted by molar-refractivity contribution is 6.14. The number of aliphatic hydroxyl groups is 4. The molecule has 1 amide bonds. The zero-order valence-electron chi connectivity index (χ0n) is 32.2. The summed E-state index contributed by atoms with van der Waals surface area (Å²) in [4.78, 5) is 33.1. The number of hydrogen-bond acceptors (Lipinski definition) is 11. The Labute approximate surface area is 338 Å². The van der Waals surface area contributed by atoms with E-state index in [0.29, 0.717) is 27.8 Å². The van der Waals surface area contributed by atoms with Crippen molar-refractivity contribution in [2.24, 2.45) is 5.92 Å². The van der Waals surface area contributed by atoms with Crippen LogP contribution in [-0.2, 0) is 16.0 Å². The molecule has 1 aromatic heterocycles. The van der Waals surface area contributed by atoms with Gasteiger partial charge in [-0.15, -0.1) is 0 Å². The smallest absolute Gasteiger partial charge is 0.254 e. The van der Waals surface area contributed by atoms with Crippen LogP contribution in [0.25, 0.3) is 33.8 Å². The number of rotatable bonds is 6. The molecule has 5 aromatic rings. The number of ether oxygens (including phenoxy) is 4. The Balaban J connectivity index is 1.20. The number of nitrogens with zero attached hydrogens (tertiary/aromatic N) is 1. The first kappa shape index (κ1) is 37.7. The van der Waals surface area contributed by atoms with Gasteiger partial charge in [-0.3, -0.25) is 9.59 Å². The molecule has 3 aliphatic heterocycles. The maximum absolute atomic E-state index is 14.8. The Kier molecular flexibility index (Phi) is 9.16. The molecule has 13 heteroatoms. The third-order valence-corrected chi connectivity index (χ3v) is 13.0. The predicted molar refractivity (Wildman–Crippen MR) is 216 cm³/mol. The number of Topliss-reactive ketones (excluding diaryl/α,β-unsaturated/α-hetero) is 1. The molecular formula is C46H44N2O11. The zero-order valence-corrected chi connectivity index (χ0v) is 32.2. The number of fused-ring (bicyclic) bond motifs is 11. The number of allylic oxidation sites excluding steroid dienone is 1.